The summed E-state index contributed by atoms with van der Waals surface area (Å²) in [7, 11) is 0. The summed E-state index contributed by atoms with van der Waals surface area (Å²) in [5.41, 5.74) is 3.20. The number of thioether (sulfide) groups is 1. The monoisotopic (exact) mass is 486 g/mol. The van der Waals surface area contributed by atoms with Gasteiger partial charge in [-0.3, -0.25) is 9.59 Å². The molecule has 30 heavy (non-hydrogen) atoms. The van der Waals surface area contributed by atoms with Crippen molar-refractivity contribution in [2.45, 2.75) is 19.0 Å². The molecular weight excluding hydrogens is 464 g/mol. The van der Waals surface area contributed by atoms with E-state index >= 15 is 0 Å². The lowest BCUT2D eigenvalue weighted by atomic mass is 10.2. The number of carbonyl (C=O) groups is 2. The van der Waals surface area contributed by atoms with Crippen molar-refractivity contribution in [1.29, 1.82) is 0 Å². The lowest BCUT2D eigenvalue weighted by Crippen LogP contribution is -2.30. The molecule has 0 aliphatic heterocycles. The summed E-state index contributed by atoms with van der Waals surface area (Å²) in [6, 6.07) is 14.9. The Kier molecular flexibility index (Phi) is 7.70. The maximum Gasteiger partial charge on any atom is 0.253 e. The van der Waals surface area contributed by atoms with Gasteiger partial charge in [0.25, 0.3) is 5.91 Å². The van der Waals surface area contributed by atoms with Crippen LogP contribution in [0.1, 0.15) is 24.2 Å². The van der Waals surface area contributed by atoms with Crippen LogP contribution in [0.4, 0.5) is 5.69 Å². The molecule has 156 valence electrons. The van der Waals surface area contributed by atoms with Crippen molar-refractivity contribution in [3.8, 4) is 11.3 Å². The number of imidazole rings is 1. The van der Waals surface area contributed by atoms with Gasteiger partial charge in [-0.15, -0.1) is 0 Å². The van der Waals surface area contributed by atoms with Gasteiger partial charge in [-0.05, 0) is 55.8 Å². The number of halogens is 1. The topological polar surface area (TPSA) is 78.1 Å². The van der Waals surface area contributed by atoms with E-state index in [0.717, 1.165) is 15.7 Å². The normalized spacial score (nSPS) is 10.6. The number of benzene rings is 2. The first-order chi connectivity index (χ1) is 14.5. The van der Waals surface area contributed by atoms with Crippen molar-refractivity contribution in [2.75, 3.05) is 24.2 Å². The molecule has 3 rings (SSSR count). The second-order valence-corrected chi connectivity index (χ2v) is 8.38. The largest absolute Gasteiger partial charge is 0.339 e. The van der Waals surface area contributed by atoms with Crippen molar-refractivity contribution >= 4 is 45.2 Å². The van der Waals surface area contributed by atoms with E-state index in [4.69, 9.17) is 0 Å². The molecule has 0 radical (unpaired) electrons. The molecule has 0 spiro atoms. The molecule has 1 heterocycles. The third-order valence-electron chi connectivity index (χ3n) is 4.51. The number of carbonyl (C=O) groups excluding carboxylic acids is 2. The molecule has 0 fully saturated rings. The zero-order chi connectivity index (χ0) is 21.5. The highest BCUT2D eigenvalue weighted by Crippen LogP contribution is 2.23. The van der Waals surface area contributed by atoms with E-state index < -0.39 is 0 Å². The Labute approximate surface area is 188 Å². The average Bonchev–Trinajstić information content (AvgIpc) is 3.23. The molecule has 0 saturated carbocycles. The predicted octanol–water partition coefficient (Wildman–Crippen LogP) is 5.05. The van der Waals surface area contributed by atoms with Crippen LogP contribution in [-0.2, 0) is 4.79 Å². The number of hydrogen-bond donors (Lipinski definition) is 2. The number of rotatable bonds is 8. The maximum atomic E-state index is 12.3. The Morgan fingerprint density at radius 1 is 1.07 bits per heavy atom. The van der Waals surface area contributed by atoms with Gasteiger partial charge in [0, 0.05) is 28.8 Å². The van der Waals surface area contributed by atoms with Crippen LogP contribution in [0.25, 0.3) is 11.3 Å². The quantitative estimate of drug-likeness (QED) is 0.436. The number of anilines is 1. The standard InChI is InChI=1S/C22H23BrN4O2S/c1-3-27(4-2)21(29)16-7-11-18(12-8-16)25-20(28)14-30-22-24-13-19(26-22)15-5-9-17(23)10-6-15/h5-13H,3-4,14H2,1-2H3,(H,24,26)(H,25,28). The van der Waals surface area contributed by atoms with E-state index in [9.17, 15) is 9.59 Å². The average molecular weight is 487 g/mol. The summed E-state index contributed by atoms with van der Waals surface area (Å²) in [6.07, 6.45) is 1.76. The molecule has 0 unspecified atom stereocenters. The van der Waals surface area contributed by atoms with Crippen molar-refractivity contribution in [1.82, 2.24) is 14.9 Å². The van der Waals surface area contributed by atoms with Crippen LogP contribution in [0, 0.1) is 0 Å². The number of aromatic nitrogens is 2. The number of nitrogens with zero attached hydrogens (tertiary/aromatic N) is 2. The summed E-state index contributed by atoms with van der Waals surface area (Å²) in [6.45, 7) is 5.24. The zero-order valence-corrected chi connectivity index (χ0v) is 19.2. The predicted molar refractivity (Wildman–Crippen MR) is 125 cm³/mol. The summed E-state index contributed by atoms with van der Waals surface area (Å²) >= 11 is 4.76. The molecule has 2 aromatic carbocycles. The lowest BCUT2D eigenvalue weighted by molar-refractivity contribution is -0.113. The second kappa shape index (κ2) is 10.4. The van der Waals surface area contributed by atoms with Gasteiger partial charge in [-0.25, -0.2) is 4.98 Å². The third-order valence-corrected chi connectivity index (χ3v) is 5.93. The number of hydrogen-bond acceptors (Lipinski definition) is 4. The summed E-state index contributed by atoms with van der Waals surface area (Å²) in [5.74, 6) is 0.0881. The zero-order valence-electron chi connectivity index (χ0n) is 16.8. The van der Waals surface area contributed by atoms with Gasteiger partial charge in [-0.2, -0.15) is 0 Å². The van der Waals surface area contributed by atoms with E-state index in [-0.39, 0.29) is 17.6 Å². The van der Waals surface area contributed by atoms with Gasteiger partial charge in [0.05, 0.1) is 17.6 Å². The molecule has 0 saturated heterocycles. The van der Waals surface area contributed by atoms with Gasteiger partial charge >= 0.3 is 0 Å². The smallest absolute Gasteiger partial charge is 0.253 e. The Hall–Kier alpha value is -2.58. The summed E-state index contributed by atoms with van der Waals surface area (Å²) < 4.78 is 1.02. The molecule has 1 aromatic heterocycles. The minimum Gasteiger partial charge on any atom is -0.339 e. The van der Waals surface area contributed by atoms with Crippen LogP contribution >= 0.6 is 27.7 Å². The fourth-order valence-corrected chi connectivity index (χ4v) is 3.79. The first-order valence-corrected chi connectivity index (χ1v) is 11.4. The van der Waals surface area contributed by atoms with Gasteiger partial charge in [0.2, 0.25) is 5.91 Å². The molecule has 8 heteroatoms. The van der Waals surface area contributed by atoms with E-state index in [1.54, 1.807) is 35.4 Å². The van der Waals surface area contributed by atoms with E-state index in [0.29, 0.717) is 29.5 Å². The van der Waals surface area contributed by atoms with Crippen molar-refractivity contribution in [3.63, 3.8) is 0 Å². The van der Waals surface area contributed by atoms with Crippen LogP contribution in [-0.4, -0.2) is 45.5 Å². The number of aromatic amines is 1. The Balaban J connectivity index is 1.52. The van der Waals surface area contributed by atoms with Crippen LogP contribution < -0.4 is 5.32 Å². The third kappa shape index (κ3) is 5.73. The first-order valence-electron chi connectivity index (χ1n) is 9.63. The van der Waals surface area contributed by atoms with Gasteiger partial charge in [-0.1, -0.05) is 39.8 Å². The van der Waals surface area contributed by atoms with Crippen LogP contribution in [0.5, 0.6) is 0 Å². The van der Waals surface area contributed by atoms with Crippen molar-refractivity contribution in [3.05, 3.63) is 64.8 Å². The highest BCUT2D eigenvalue weighted by Gasteiger charge is 2.13. The second-order valence-electron chi connectivity index (χ2n) is 6.50. The fourth-order valence-electron chi connectivity index (χ4n) is 2.87. The van der Waals surface area contributed by atoms with E-state index in [1.165, 1.54) is 11.8 Å². The molecule has 0 aliphatic carbocycles. The molecule has 3 aromatic rings. The van der Waals surface area contributed by atoms with Crippen molar-refractivity contribution < 1.29 is 9.59 Å². The lowest BCUT2D eigenvalue weighted by Gasteiger charge is -2.18. The first kappa shape index (κ1) is 22.1. The summed E-state index contributed by atoms with van der Waals surface area (Å²) in [4.78, 5) is 33.9. The molecule has 0 atom stereocenters. The SMILES string of the molecule is CCN(CC)C(=O)c1ccc(NC(=O)CSc2ncc(-c3ccc(Br)cc3)[nH]2)cc1. The highest BCUT2D eigenvalue weighted by molar-refractivity contribution is 9.10. The Morgan fingerprint density at radius 2 is 1.73 bits per heavy atom. The molecule has 0 bridgehead atoms. The van der Waals surface area contributed by atoms with E-state index in [2.05, 4.69) is 31.2 Å². The molecule has 2 amide bonds. The van der Waals surface area contributed by atoms with E-state index in [1.807, 2.05) is 38.1 Å². The number of H-pyrrole nitrogens is 1. The number of amides is 2. The maximum absolute atomic E-state index is 12.3. The molecule has 0 aliphatic rings. The van der Waals surface area contributed by atoms with Crippen molar-refractivity contribution in [2.24, 2.45) is 0 Å². The van der Waals surface area contributed by atoms with Crippen LogP contribution in [0.2, 0.25) is 0 Å². The minimum absolute atomic E-state index is 0.00664. The number of nitrogens with one attached hydrogen (secondary N) is 2. The molecule has 2 N–H and O–H groups in total. The van der Waals surface area contributed by atoms with Crippen LogP contribution in [0.3, 0.4) is 0 Å². The van der Waals surface area contributed by atoms with Gasteiger partial charge < -0.3 is 15.2 Å². The van der Waals surface area contributed by atoms with Gasteiger partial charge in [0.1, 0.15) is 0 Å². The molecule has 6 nitrogen and oxygen atoms in total. The molecular formula is C22H23BrN4O2S. The Morgan fingerprint density at radius 3 is 2.37 bits per heavy atom. The highest BCUT2D eigenvalue weighted by atomic mass is 79.9. The van der Waals surface area contributed by atoms with Crippen LogP contribution in [0.15, 0.2) is 64.4 Å². The Bertz CT molecular complexity index is 999. The summed E-state index contributed by atoms with van der Waals surface area (Å²) in [5, 5.41) is 3.53. The fraction of sp³-hybridized carbons (Fsp3) is 0.227. The minimum atomic E-state index is -0.135. The van der Waals surface area contributed by atoms with Gasteiger partial charge in [0.15, 0.2) is 5.16 Å².